The van der Waals surface area contributed by atoms with Crippen molar-refractivity contribution in [3.05, 3.63) is 23.4 Å². The third-order valence-electron chi connectivity index (χ3n) is 2.51. The van der Waals surface area contributed by atoms with Crippen molar-refractivity contribution in [1.29, 1.82) is 0 Å². The van der Waals surface area contributed by atoms with Crippen molar-refractivity contribution in [1.82, 2.24) is 15.5 Å². The summed E-state index contributed by atoms with van der Waals surface area (Å²) in [5.41, 5.74) is 0. The standard InChI is InChI=1S/C10H9N3O2S/c14-8-4-6(5-11-8)10-12-9(13-15-10)7-2-1-3-16-7/h1-3,6H,4-5H2,(H,11,14). The average molecular weight is 235 g/mol. The van der Waals surface area contributed by atoms with Crippen molar-refractivity contribution >= 4 is 17.2 Å². The maximum atomic E-state index is 11.1. The van der Waals surface area contributed by atoms with E-state index in [1.54, 1.807) is 11.3 Å². The van der Waals surface area contributed by atoms with E-state index in [-0.39, 0.29) is 11.8 Å². The molecule has 1 saturated heterocycles. The van der Waals surface area contributed by atoms with Crippen LogP contribution in [0.4, 0.5) is 0 Å². The summed E-state index contributed by atoms with van der Waals surface area (Å²) in [7, 11) is 0. The Morgan fingerprint density at radius 1 is 1.56 bits per heavy atom. The molecule has 1 fully saturated rings. The number of amides is 1. The third-order valence-corrected chi connectivity index (χ3v) is 3.38. The number of hydrogen-bond acceptors (Lipinski definition) is 5. The van der Waals surface area contributed by atoms with Gasteiger partial charge in [0.05, 0.1) is 10.8 Å². The van der Waals surface area contributed by atoms with Gasteiger partial charge in [-0.3, -0.25) is 4.79 Å². The molecule has 0 radical (unpaired) electrons. The first-order valence-electron chi connectivity index (χ1n) is 4.97. The molecule has 1 atom stereocenters. The van der Waals surface area contributed by atoms with Crippen LogP contribution < -0.4 is 5.32 Å². The van der Waals surface area contributed by atoms with Crippen LogP contribution in [0.2, 0.25) is 0 Å². The smallest absolute Gasteiger partial charge is 0.232 e. The lowest BCUT2D eigenvalue weighted by Gasteiger charge is -1.96. The van der Waals surface area contributed by atoms with Gasteiger partial charge in [0.2, 0.25) is 17.6 Å². The molecule has 0 spiro atoms. The molecule has 82 valence electrons. The van der Waals surface area contributed by atoms with Crippen LogP contribution >= 0.6 is 11.3 Å². The van der Waals surface area contributed by atoms with Gasteiger partial charge in [-0.15, -0.1) is 11.3 Å². The Labute approximate surface area is 95.5 Å². The number of thiophene rings is 1. The van der Waals surface area contributed by atoms with Crippen LogP contribution in [0.3, 0.4) is 0 Å². The lowest BCUT2D eigenvalue weighted by Crippen LogP contribution is -2.13. The molecule has 0 saturated carbocycles. The lowest BCUT2D eigenvalue weighted by atomic mass is 10.1. The highest BCUT2D eigenvalue weighted by Crippen LogP contribution is 2.26. The molecule has 1 N–H and O–H groups in total. The second-order valence-corrected chi connectivity index (χ2v) is 4.59. The van der Waals surface area contributed by atoms with Crippen molar-refractivity contribution in [3.63, 3.8) is 0 Å². The highest BCUT2D eigenvalue weighted by Gasteiger charge is 2.28. The van der Waals surface area contributed by atoms with Crippen LogP contribution in [-0.2, 0) is 4.79 Å². The van der Waals surface area contributed by atoms with Crippen LogP contribution in [-0.4, -0.2) is 22.6 Å². The maximum absolute atomic E-state index is 11.1. The van der Waals surface area contributed by atoms with Crippen LogP contribution in [0, 0.1) is 0 Å². The topological polar surface area (TPSA) is 68.0 Å². The van der Waals surface area contributed by atoms with Crippen LogP contribution in [0.25, 0.3) is 10.7 Å². The number of carbonyl (C=O) groups excluding carboxylic acids is 1. The molecule has 6 heteroatoms. The van der Waals surface area contributed by atoms with E-state index >= 15 is 0 Å². The molecule has 1 aliphatic heterocycles. The number of aromatic nitrogens is 2. The van der Waals surface area contributed by atoms with Gasteiger partial charge in [0.15, 0.2) is 0 Å². The summed E-state index contributed by atoms with van der Waals surface area (Å²) in [6, 6.07) is 3.88. The van der Waals surface area contributed by atoms with E-state index in [1.165, 1.54) is 0 Å². The van der Waals surface area contributed by atoms with E-state index in [2.05, 4.69) is 15.5 Å². The summed E-state index contributed by atoms with van der Waals surface area (Å²) in [5, 5.41) is 8.63. The zero-order valence-corrected chi connectivity index (χ0v) is 9.16. The van der Waals surface area contributed by atoms with Gasteiger partial charge in [-0.05, 0) is 11.4 Å². The zero-order chi connectivity index (χ0) is 11.0. The second kappa shape index (κ2) is 3.71. The number of carbonyl (C=O) groups is 1. The number of nitrogens with zero attached hydrogens (tertiary/aromatic N) is 2. The predicted molar refractivity (Wildman–Crippen MR) is 58.0 cm³/mol. The quantitative estimate of drug-likeness (QED) is 0.854. The summed E-state index contributed by atoms with van der Waals surface area (Å²) < 4.78 is 5.17. The van der Waals surface area contributed by atoms with Crippen LogP contribution in [0.15, 0.2) is 22.0 Å². The normalized spacial score (nSPS) is 20.0. The van der Waals surface area contributed by atoms with Gasteiger partial charge in [0.1, 0.15) is 0 Å². The number of rotatable bonds is 2. The highest BCUT2D eigenvalue weighted by atomic mass is 32.1. The fraction of sp³-hybridized carbons (Fsp3) is 0.300. The fourth-order valence-electron chi connectivity index (χ4n) is 1.69. The summed E-state index contributed by atoms with van der Waals surface area (Å²) in [6.07, 6.45) is 0.437. The Balaban J connectivity index is 1.85. The zero-order valence-electron chi connectivity index (χ0n) is 8.34. The molecule has 0 aliphatic carbocycles. The predicted octanol–water partition coefficient (Wildman–Crippen LogP) is 1.40. The van der Waals surface area contributed by atoms with Crippen molar-refractivity contribution < 1.29 is 9.32 Å². The summed E-state index contributed by atoms with van der Waals surface area (Å²) in [4.78, 5) is 16.4. The minimum atomic E-state index is 0.0220. The van der Waals surface area contributed by atoms with Gasteiger partial charge >= 0.3 is 0 Å². The lowest BCUT2D eigenvalue weighted by molar-refractivity contribution is -0.119. The van der Waals surface area contributed by atoms with E-state index in [0.29, 0.717) is 24.7 Å². The Bertz CT molecular complexity index is 506. The Morgan fingerprint density at radius 3 is 3.19 bits per heavy atom. The monoisotopic (exact) mass is 235 g/mol. The minimum Gasteiger partial charge on any atom is -0.355 e. The molecule has 2 aromatic rings. The Kier molecular flexibility index (Phi) is 2.21. The third kappa shape index (κ3) is 1.61. The molecular weight excluding hydrogens is 226 g/mol. The summed E-state index contributed by atoms with van der Waals surface area (Å²) >= 11 is 1.56. The Hall–Kier alpha value is -1.69. The molecule has 3 heterocycles. The first kappa shape index (κ1) is 9.53. The molecule has 2 aromatic heterocycles. The summed E-state index contributed by atoms with van der Waals surface area (Å²) in [6.45, 7) is 0.588. The van der Waals surface area contributed by atoms with Crippen molar-refractivity contribution in [2.75, 3.05) is 6.54 Å². The van der Waals surface area contributed by atoms with Crippen molar-refractivity contribution in [2.45, 2.75) is 12.3 Å². The van der Waals surface area contributed by atoms with Gasteiger partial charge in [0.25, 0.3) is 0 Å². The molecular formula is C10H9N3O2S. The molecule has 0 bridgehead atoms. The van der Waals surface area contributed by atoms with E-state index in [0.717, 1.165) is 4.88 Å². The first-order valence-corrected chi connectivity index (χ1v) is 5.85. The van der Waals surface area contributed by atoms with Gasteiger partial charge in [-0.25, -0.2) is 0 Å². The van der Waals surface area contributed by atoms with Gasteiger partial charge < -0.3 is 9.84 Å². The van der Waals surface area contributed by atoms with Crippen molar-refractivity contribution in [3.8, 4) is 10.7 Å². The van der Waals surface area contributed by atoms with E-state index in [4.69, 9.17) is 4.52 Å². The van der Waals surface area contributed by atoms with E-state index in [1.807, 2.05) is 17.5 Å². The highest BCUT2D eigenvalue weighted by molar-refractivity contribution is 7.13. The van der Waals surface area contributed by atoms with Gasteiger partial charge in [-0.2, -0.15) is 4.98 Å². The largest absolute Gasteiger partial charge is 0.355 e. The molecule has 1 amide bonds. The fourth-order valence-corrected chi connectivity index (χ4v) is 2.34. The van der Waals surface area contributed by atoms with Crippen molar-refractivity contribution in [2.24, 2.45) is 0 Å². The SMILES string of the molecule is O=C1CC(c2nc(-c3cccs3)no2)CN1. The van der Waals surface area contributed by atoms with Crippen LogP contribution in [0.1, 0.15) is 18.2 Å². The minimum absolute atomic E-state index is 0.0220. The molecule has 3 rings (SSSR count). The van der Waals surface area contributed by atoms with E-state index < -0.39 is 0 Å². The second-order valence-electron chi connectivity index (χ2n) is 3.64. The first-order chi connectivity index (χ1) is 7.83. The maximum Gasteiger partial charge on any atom is 0.232 e. The van der Waals surface area contributed by atoms with E-state index in [9.17, 15) is 4.79 Å². The molecule has 1 unspecified atom stereocenters. The molecule has 5 nitrogen and oxygen atoms in total. The summed E-state index contributed by atoms with van der Waals surface area (Å²) in [5.74, 6) is 1.21. The molecule has 16 heavy (non-hydrogen) atoms. The molecule has 0 aromatic carbocycles. The average Bonchev–Trinajstić information content (AvgIpc) is 2.97. The Morgan fingerprint density at radius 2 is 2.50 bits per heavy atom. The molecule has 1 aliphatic rings. The van der Waals surface area contributed by atoms with Gasteiger partial charge in [-0.1, -0.05) is 11.2 Å². The number of nitrogens with one attached hydrogen (secondary N) is 1. The van der Waals surface area contributed by atoms with Crippen LogP contribution in [0.5, 0.6) is 0 Å². The van der Waals surface area contributed by atoms with Gasteiger partial charge in [0, 0.05) is 13.0 Å². The number of hydrogen-bond donors (Lipinski definition) is 1.